The van der Waals surface area contributed by atoms with Gasteiger partial charge in [0, 0.05) is 29.9 Å². The molecule has 3 rings (SSSR count). The fraction of sp³-hybridized carbons (Fsp3) is 0.312. The lowest BCUT2D eigenvalue weighted by Gasteiger charge is -2.09. The number of thioether (sulfide) groups is 1. The summed E-state index contributed by atoms with van der Waals surface area (Å²) in [7, 11) is 0. The molecule has 0 fully saturated rings. The van der Waals surface area contributed by atoms with Gasteiger partial charge in [0.15, 0.2) is 4.96 Å². The summed E-state index contributed by atoms with van der Waals surface area (Å²) in [6, 6.07) is 11.0. The van der Waals surface area contributed by atoms with Crippen LogP contribution in [0.15, 0.2) is 46.9 Å². The van der Waals surface area contributed by atoms with Crippen molar-refractivity contribution in [1.82, 2.24) is 14.7 Å². The summed E-state index contributed by atoms with van der Waals surface area (Å²) in [5.41, 5.74) is 2.60. The Kier molecular flexibility index (Phi) is 4.63. The van der Waals surface area contributed by atoms with Crippen LogP contribution in [0, 0.1) is 0 Å². The van der Waals surface area contributed by atoms with Crippen LogP contribution in [-0.4, -0.2) is 15.4 Å². The van der Waals surface area contributed by atoms with Crippen LogP contribution >= 0.6 is 23.1 Å². The van der Waals surface area contributed by atoms with Gasteiger partial charge in [0.1, 0.15) is 5.03 Å². The summed E-state index contributed by atoms with van der Waals surface area (Å²) < 4.78 is 2.20. The summed E-state index contributed by atoms with van der Waals surface area (Å²) in [6.07, 6.45) is 2.11. The molecule has 0 aliphatic carbocycles. The molecule has 0 bridgehead atoms. The number of imidazole rings is 1. The van der Waals surface area contributed by atoms with E-state index in [4.69, 9.17) is 4.98 Å². The van der Waals surface area contributed by atoms with E-state index in [1.807, 2.05) is 11.8 Å². The second-order valence-corrected chi connectivity index (χ2v) is 7.07. The van der Waals surface area contributed by atoms with E-state index >= 15 is 0 Å². The zero-order chi connectivity index (χ0) is 14.7. The summed E-state index contributed by atoms with van der Waals surface area (Å²) in [5, 5.41) is 6.73. The third-order valence-electron chi connectivity index (χ3n) is 3.22. The number of fused-ring (bicyclic) bond motifs is 1. The van der Waals surface area contributed by atoms with Crippen LogP contribution in [0.2, 0.25) is 0 Å². The zero-order valence-electron chi connectivity index (χ0n) is 12.2. The topological polar surface area (TPSA) is 29.3 Å². The Morgan fingerprint density at radius 1 is 1.29 bits per heavy atom. The maximum absolute atomic E-state index is 4.77. The Labute approximate surface area is 133 Å². The van der Waals surface area contributed by atoms with Crippen LogP contribution in [0.25, 0.3) is 4.96 Å². The first-order chi connectivity index (χ1) is 10.2. The van der Waals surface area contributed by atoms with Crippen molar-refractivity contribution < 1.29 is 0 Å². The summed E-state index contributed by atoms with van der Waals surface area (Å²) in [6.45, 7) is 5.19. The van der Waals surface area contributed by atoms with Crippen LogP contribution in [0.1, 0.15) is 25.1 Å². The lowest BCUT2D eigenvalue weighted by Crippen LogP contribution is -2.22. The van der Waals surface area contributed by atoms with Crippen molar-refractivity contribution in [2.24, 2.45) is 0 Å². The minimum atomic E-state index is 0.473. The number of thiazole rings is 1. The predicted molar refractivity (Wildman–Crippen MR) is 91.0 cm³/mol. The SMILES string of the molecule is CC(C)NCc1c(SCc2ccccc2)nc2sccn12. The smallest absolute Gasteiger partial charge is 0.194 e. The summed E-state index contributed by atoms with van der Waals surface area (Å²) >= 11 is 3.51. The van der Waals surface area contributed by atoms with E-state index in [9.17, 15) is 0 Å². The molecule has 0 saturated heterocycles. The molecule has 2 aromatic heterocycles. The number of aromatic nitrogens is 2. The maximum Gasteiger partial charge on any atom is 0.194 e. The number of benzene rings is 1. The normalized spacial score (nSPS) is 11.6. The fourth-order valence-electron chi connectivity index (χ4n) is 2.12. The Morgan fingerprint density at radius 2 is 2.10 bits per heavy atom. The number of nitrogens with zero attached hydrogens (tertiary/aromatic N) is 2. The molecule has 0 aliphatic rings. The van der Waals surface area contributed by atoms with Crippen molar-refractivity contribution in [3.05, 3.63) is 53.2 Å². The molecule has 0 spiro atoms. The van der Waals surface area contributed by atoms with Crippen molar-refractivity contribution in [3.8, 4) is 0 Å². The molecule has 0 atom stereocenters. The Balaban J connectivity index is 1.80. The quantitative estimate of drug-likeness (QED) is 0.691. The van der Waals surface area contributed by atoms with Gasteiger partial charge in [-0.05, 0) is 5.56 Å². The molecule has 0 amide bonds. The molecule has 0 unspecified atom stereocenters. The molecular weight excluding hydrogens is 298 g/mol. The third-order valence-corrected chi connectivity index (χ3v) is 5.06. The average Bonchev–Trinajstić information content (AvgIpc) is 3.05. The van der Waals surface area contributed by atoms with E-state index in [0.717, 1.165) is 22.3 Å². The monoisotopic (exact) mass is 317 g/mol. The average molecular weight is 317 g/mol. The van der Waals surface area contributed by atoms with Gasteiger partial charge in [0.25, 0.3) is 0 Å². The van der Waals surface area contributed by atoms with Crippen molar-refractivity contribution in [2.75, 3.05) is 0 Å². The largest absolute Gasteiger partial charge is 0.309 e. The Morgan fingerprint density at radius 3 is 2.86 bits per heavy atom. The van der Waals surface area contributed by atoms with Gasteiger partial charge in [-0.2, -0.15) is 0 Å². The van der Waals surface area contributed by atoms with Gasteiger partial charge in [-0.15, -0.1) is 11.3 Å². The van der Waals surface area contributed by atoms with Crippen molar-refractivity contribution in [3.63, 3.8) is 0 Å². The second kappa shape index (κ2) is 6.64. The molecule has 21 heavy (non-hydrogen) atoms. The van der Waals surface area contributed by atoms with E-state index in [0.29, 0.717) is 6.04 Å². The highest BCUT2D eigenvalue weighted by molar-refractivity contribution is 7.98. The van der Waals surface area contributed by atoms with Gasteiger partial charge >= 0.3 is 0 Å². The van der Waals surface area contributed by atoms with Gasteiger partial charge in [0.05, 0.1) is 5.69 Å². The van der Waals surface area contributed by atoms with E-state index < -0.39 is 0 Å². The van der Waals surface area contributed by atoms with Gasteiger partial charge < -0.3 is 5.32 Å². The Bertz CT molecular complexity index is 701. The number of hydrogen-bond donors (Lipinski definition) is 1. The highest BCUT2D eigenvalue weighted by atomic mass is 32.2. The van der Waals surface area contributed by atoms with Gasteiger partial charge in [0.2, 0.25) is 0 Å². The van der Waals surface area contributed by atoms with Crippen molar-refractivity contribution in [2.45, 2.75) is 37.2 Å². The predicted octanol–water partition coefficient (Wildman–Crippen LogP) is 4.19. The van der Waals surface area contributed by atoms with Gasteiger partial charge in [-0.3, -0.25) is 4.40 Å². The lowest BCUT2D eigenvalue weighted by atomic mass is 10.2. The number of nitrogens with one attached hydrogen (secondary N) is 1. The molecule has 0 aliphatic heterocycles. The van der Waals surface area contributed by atoms with Crippen molar-refractivity contribution in [1.29, 1.82) is 0 Å². The fourth-order valence-corrected chi connectivity index (χ4v) is 3.89. The van der Waals surface area contributed by atoms with Crippen LogP contribution in [0.3, 0.4) is 0 Å². The standard InChI is InChI=1S/C16H19N3S2/c1-12(2)17-10-14-15(18-16-19(14)8-9-20-16)21-11-13-6-4-3-5-7-13/h3-9,12,17H,10-11H2,1-2H3. The zero-order valence-corrected chi connectivity index (χ0v) is 13.9. The first kappa shape index (κ1) is 14.6. The van der Waals surface area contributed by atoms with E-state index in [1.165, 1.54) is 11.3 Å². The molecule has 3 nitrogen and oxygen atoms in total. The van der Waals surface area contributed by atoms with E-state index in [2.05, 4.69) is 65.5 Å². The molecule has 1 N–H and O–H groups in total. The highest BCUT2D eigenvalue weighted by Crippen LogP contribution is 2.28. The second-order valence-electron chi connectivity index (χ2n) is 5.23. The van der Waals surface area contributed by atoms with Gasteiger partial charge in [-0.1, -0.05) is 55.9 Å². The molecule has 1 aromatic carbocycles. The summed E-state index contributed by atoms with van der Waals surface area (Å²) in [5.74, 6) is 0.959. The molecule has 3 aromatic rings. The van der Waals surface area contributed by atoms with Gasteiger partial charge in [-0.25, -0.2) is 4.98 Å². The third kappa shape index (κ3) is 3.48. The molecule has 2 heterocycles. The molecule has 0 radical (unpaired) electrons. The number of rotatable bonds is 6. The van der Waals surface area contributed by atoms with Crippen molar-refractivity contribution >= 4 is 28.1 Å². The maximum atomic E-state index is 4.77. The van der Waals surface area contributed by atoms with Crippen LogP contribution in [-0.2, 0) is 12.3 Å². The number of hydrogen-bond acceptors (Lipinski definition) is 4. The van der Waals surface area contributed by atoms with E-state index in [-0.39, 0.29) is 0 Å². The van der Waals surface area contributed by atoms with E-state index in [1.54, 1.807) is 11.3 Å². The highest BCUT2D eigenvalue weighted by Gasteiger charge is 2.13. The van der Waals surface area contributed by atoms with Crippen LogP contribution in [0.4, 0.5) is 0 Å². The van der Waals surface area contributed by atoms with Crippen LogP contribution < -0.4 is 5.32 Å². The molecule has 5 heteroatoms. The summed E-state index contributed by atoms with van der Waals surface area (Å²) in [4.78, 5) is 5.85. The first-order valence-corrected chi connectivity index (χ1v) is 8.95. The molecule has 110 valence electrons. The van der Waals surface area contributed by atoms with Crippen LogP contribution in [0.5, 0.6) is 0 Å². The minimum absolute atomic E-state index is 0.473. The Hall–Kier alpha value is -1.30. The molecular formula is C16H19N3S2. The lowest BCUT2D eigenvalue weighted by molar-refractivity contribution is 0.574. The first-order valence-electron chi connectivity index (χ1n) is 7.08. The minimum Gasteiger partial charge on any atom is -0.309 e. The molecule has 0 saturated carbocycles.